The summed E-state index contributed by atoms with van der Waals surface area (Å²) in [6.07, 6.45) is 81.6. The Bertz CT molecular complexity index is 1210. The minimum Gasteiger partial charge on any atom is -0.466 e. The highest BCUT2D eigenvalue weighted by Crippen LogP contribution is 2.18. The fourth-order valence-electron chi connectivity index (χ4n) is 10.5. The number of carbonyl (C=O) groups is 2. The zero-order valence-electron chi connectivity index (χ0n) is 50.5. The number of allylic oxidation sites excluding steroid dienone is 6. The molecule has 0 saturated heterocycles. The third-order valence-corrected chi connectivity index (χ3v) is 15.7. The number of hydrogen-bond acceptors (Lipinski definition) is 5. The van der Waals surface area contributed by atoms with Crippen molar-refractivity contribution in [3.05, 3.63) is 36.5 Å². The maximum Gasteiger partial charge on any atom is 0.305 e. The number of ether oxygens (including phenoxy) is 1. The van der Waals surface area contributed by atoms with Gasteiger partial charge in [-0.15, -0.1) is 0 Å². The standard InChI is InChI=1S/C69H131NO5/c1-3-5-7-9-11-13-15-17-19-21-22-23-24-26-30-33-37-41-45-49-53-57-61-67(72)66(65-71)70-68(73)62-58-54-50-46-42-38-34-31-27-25-28-32-36-40-44-48-52-56-60-64-75-69(74)63-59-55-51-47-43-39-35-29-20-18-16-14-12-10-8-6-4-2/h12,14,18,20,25,27,66-67,71-72H,3-11,13,15-17,19,21-24,26,28-65H2,1-2H3,(H,70,73)/b14-12-,20-18-,27-25-. The molecule has 0 radical (unpaired) electrons. The van der Waals surface area contributed by atoms with Crippen LogP contribution in [0.2, 0.25) is 0 Å². The van der Waals surface area contributed by atoms with Crippen LogP contribution in [-0.2, 0) is 14.3 Å². The van der Waals surface area contributed by atoms with Crippen molar-refractivity contribution >= 4 is 11.9 Å². The normalized spacial score (nSPS) is 12.7. The van der Waals surface area contributed by atoms with Crippen LogP contribution >= 0.6 is 0 Å². The molecule has 0 aliphatic carbocycles. The number of unbranched alkanes of at least 4 members (excludes halogenated alkanes) is 46. The van der Waals surface area contributed by atoms with Gasteiger partial charge < -0.3 is 20.3 Å². The molecule has 0 fully saturated rings. The molecule has 0 aromatic rings. The smallest absolute Gasteiger partial charge is 0.305 e. The quantitative estimate of drug-likeness (QED) is 0.0320. The molecule has 0 bridgehead atoms. The summed E-state index contributed by atoms with van der Waals surface area (Å²) in [6, 6.07) is -0.551. The van der Waals surface area contributed by atoms with E-state index in [0.717, 1.165) is 51.4 Å². The molecular weight excluding hydrogens is 923 g/mol. The van der Waals surface area contributed by atoms with Crippen LogP contribution in [-0.4, -0.2) is 47.4 Å². The zero-order chi connectivity index (χ0) is 54.3. The van der Waals surface area contributed by atoms with Gasteiger partial charge in [-0.25, -0.2) is 0 Å². The van der Waals surface area contributed by atoms with Gasteiger partial charge in [-0.1, -0.05) is 307 Å². The molecule has 3 N–H and O–H groups in total. The molecule has 2 atom stereocenters. The van der Waals surface area contributed by atoms with Gasteiger partial charge in [-0.05, 0) is 83.5 Å². The molecule has 6 nitrogen and oxygen atoms in total. The summed E-state index contributed by atoms with van der Waals surface area (Å²) in [4.78, 5) is 24.6. The van der Waals surface area contributed by atoms with E-state index >= 15 is 0 Å². The van der Waals surface area contributed by atoms with Gasteiger partial charge in [0.1, 0.15) is 0 Å². The van der Waals surface area contributed by atoms with Crippen molar-refractivity contribution < 1.29 is 24.5 Å². The largest absolute Gasteiger partial charge is 0.466 e. The molecule has 0 aliphatic rings. The van der Waals surface area contributed by atoms with Gasteiger partial charge in [0.25, 0.3) is 0 Å². The highest BCUT2D eigenvalue weighted by atomic mass is 16.5. The number of rotatable bonds is 63. The summed E-state index contributed by atoms with van der Waals surface area (Å²) in [7, 11) is 0. The van der Waals surface area contributed by atoms with E-state index in [1.54, 1.807) is 0 Å². The molecule has 1 amide bonds. The predicted molar refractivity (Wildman–Crippen MR) is 329 cm³/mol. The average Bonchev–Trinajstić information content (AvgIpc) is 3.41. The van der Waals surface area contributed by atoms with Crippen LogP contribution in [0.3, 0.4) is 0 Å². The summed E-state index contributed by atoms with van der Waals surface area (Å²) in [6.45, 7) is 4.94. The monoisotopic (exact) mass is 1050 g/mol. The van der Waals surface area contributed by atoms with Crippen LogP contribution in [0.1, 0.15) is 367 Å². The van der Waals surface area contributed by atoms with E-state index in [9.17, 15) is 19.8 Å². The van der Waals surface area contributed by atoms with Crippen LogP contribution in [0.15, 0.2) is 36.5 Å². The van der Waals surface area contributed by atoms with Gasteiger partial charge in [-0.3, -0.25) is 9.59 Å². The number of nitrogens with one attached hydrogen (secondary N) is 1. The number of amides is 1. The fourth-order valence-corrected chi connectivity index (χ4v) is 10.5. The molecule has 0 saturated carbocycles. The van der Waals surface area contributed by atoms with E-state index in [2.05, 4.69) is 55.6 Å². The summed E-state index contributed by atoms with van der Waals surface area (Å²) in [5.41, 5.74) is 0. The maximum atomic E-state index is 12.5. The number of aliphatic hydroxyl groups is 2. The Morgan fingerprint density at radius 1 is 0.373 bits per heavy atom. The summed E-state index contributed by atoms with van der Waals surface area (Å²) >= 11 is 0. The fraction of sp³-hybridized carbons (Fsp3) is 0.884. The van der Waals surface area contributed by atoms with E-state index in [-0.39, 0.29) is 18.5 Å². The summed E-state index contributed by atoms with van der Waals surface area (Å²) in [5, 5.41) is 23.4. The van der Waals surface area contributed by atoms with Crippen molar-refractivity contribution in [3.8, 4) is 0 Å². The molecule has 6 heteroatoms. The van der Waals surface area contributed by atoms with E-state index < -0.39 is 12.1 Å². The van der Waals surface area contributed by atoms with Gasteiger partial charge in [-0.2, -0.15) is 0 Å². The van der Waals surface area contributed by atoms with E-state index in [1.165, 1.54) is 283 Å². The van der Waals surface area contributed by atoms with Crippen molar-refractivity contribution in [2.45, 2.75) is 379 Å². The van der Waals surface area contributed by atoms with Gasteiger partial charge in [0.05, 0.1) is 25.4 Å². The number of esters is 1. The highest BCUT2D eigenvalue weighted by Gasteiger charge is 2.20. The van der Waals surface area contributed by atoms with Crippen LogP contribution in [0.5, 0.6) is 0 Å². The Labute approximate surface area is 468 Å². The van der Waals surface area contributed by atoms with E-state index in [0.29, 0.717) is 25.9 Å². The molecule has 2 unspecified atom stereocenters. The molecule has 0 spiro atoms. The molecule has 0 aromatic carbocycles. The lowest BCUT2D eigenvalue weighted by molar-refractivity contribution is -0.143. The lowest BCUT2D eigenvalue weighted by Crippen LogP contribution is -2.45. The Kier molecular flexibility index (Phi) is 63.0. The number of aliphatic hydroxyl groups excluding tert-OH is 2. The Hall–Kier alpha value is -1.92. The third kappa shape index (κ3) is 61.2. The highest BCUT2D eigenvalue weighted by molar-refractivity contribution is 5.76. The van der Waals surface area contributed by atoms with E-state index in [4.69, 9.17) is 4.74 Å². The van der Waals surface area contributed by atoms with Gasteiger partial charge >= 0.3 is 5.97 Å². The minimum atomic E-state index is -0.672. The first kappa shape index (κ1) is 73.1. The molecule has 0 aromatic heterocycles. The zero-order valence-corrected chi connectivity index (χ0v) is 50.5. The minimum absolute atomic E-state index is 0.00316. The number of hydrogen-bond donors (Lipinski definition) is 3. The molecule has 442 valence electrons. The summed E-state index contributed by atoms with van der Waals surface area (Å²) < 4.78 is 5.49. The Balaban J connectivity index is 3.44. The van der Waals surface area contributed by atoms with Gasteiger partial charge in [0.15, 0.2) is 0 Å². The van der Waals surface area contributed by atoms with Crippen LogP contribution < -0.4 is 5.32 Å². The molecule has 0 aliphatic heterocycles. The van der Waals surface area contributed by atoms with Crippen molar-refractivity contribution in [3.63, 3.8) is 0 Å². The second kappa shape index (κ2) is 64.6. The Morgan fingerprint density at radius 3 is 1.05 bits per heavy atom. The van der Waals surface area contributed by atoms with Gasteiger partial charge in [0, 0.05) is 12.8 Å². The second-order valence-electron chi connectivity index (χ2n) is 23.1. The molecule has 0 rings (SSSR count). The van der Waals surface area contributed by atoms with Crippen LogP contribution in [0.25, 0.3) is 0 Å². The summed E-state index contributed by atoms with van der Waals surface area (Å²) in [5.74, 6) is -0.0445. The van der Waals surface area contributed by atoms with Crippen LogP contribution in [0, 0.1) is 0 Å². The van der Waals surface area contributed by atoms with Crippen molar-refractivity contribution in [2.24, 2.45) is 0 Å². The van der Waals surface area contributed by atoms with Crippen LogP contribution in [0.4, 0.5) is 0 Å². The topological polar surface area (TPSA) is 95.9 Å². The van der Waals surface area contributed by atoms with Gasteiger partial charge in [0.2, 0.25) is 5.91 Å². The predicted octanol–water partition coefficient (Wildman–Crippen LogP) is 21.5. The van der Waals surface area contributed by atoms with E-state index in [1.807, 2.05) is 0 Å². The average molecular weight is 1050 g/mol. The first-order valence-electron chi connectivity index (χ1n) is 33.7. The van der Waals surface area contributed by atoms with Crippen molar-refractivity contribution in [1.82, 2.24) is 5.32 Å². The number of carbonyl (C=O) groups excluding carboxylic acids is 2. The first-order chi connectivity index (χ1) is 37.0. The second-order valence-corrected chi connectivity index (χ2v) is 23.1. The molecular formula is C69H131NO5. The lowest BCUT2D eigenvalue weighted by atomic mass is 10.0. The van der Waals surface area contributed by atoms with Crippen molar-refractivity contribution in [1.29, 1.82) is 0 Å². The first-order valence-corrected chi connectivity index (χ1v) is 33.7. The maximum absolute atomic E-state index is 12.5. The molecule has 0 heterocycles. The lowest BCUT2D eigenvalue weighted by Gasteiger charge is -2.22. The van der Waals surface area contributed by atoms with Crippen molar-refractivity contribution in [2.75, 3.05) is 13.2 Å². The third-order valence-electron chi connectivity index (χ3n) is 15.7. The SMILES string of the molecule is CCCCC/C=C\C/C=C\CCCCCCCCCC(=O)OCCCCCCCCCC/C=C\CCCCCCCCCC(=O)NC(CO)C(O)CCCCCCCCCCCCCCCCCCCCCCCC. The Morgan fingerprint density at radius 2 is 0.667 bits per heavy atom. The molecule has 75 heavy (non-hydrogen) atoms.